The van der Waals surface area contributed by atoms with Crippen LogP contribution in [0.2, 0.25) is 0 Å². The number of hydrazone groups is 1. The predicted molar refractivity (Wildman–Crippen MR) is 145 cm³/mol. The summed E-state index contributed by atoms with van der Waals surface area (Å²) in [5.41, 5.74) is 6.13. The molecule has 0 aliphatic carbocycles. The minimum Gasteiger partial charge on any atom is -0.493 e. The van der Waals surface area contributed by atoms with Crippen LogP contribution in [0.1, 0.15) is 22.3 Å². The van der Waals surface area contributed by atoms with Crippen LogP contribution in [0.5, 0.6) is 11.5 Å². The molecule has 36 heavy (non-hydrogen) atoms. The number of hydrogen-bond acceptors (Lipinski definition) is 6. The average molecular weight is 574 g/mol. The van der Waals surface area contributed by atoms with E-state index in [0.717, 1.165) is 21.0 Å². The third kappa shape index (κ3) is 6.24. The van der Waals surface area contributed by atoms with E-state index in [1.54, 1.807) is 30.3 Å². The van der Waals surface area contributed by atoms with Crippen molar-refractivity contribution < 1.29 is 22.7 Å². The fraction of sp³-hybridized carbons (Fsp3) is 0.231. The van der Waals surface area contributed by atoms with Gasteiger partial charge in [-0.15, -0.1) is 0 Å². The maximum atomic E-state index is 13.6. The lowest BCUT2D eigenvalue weighted by Crippen LogP contribution is -2.40. The maximum Gasteiger partial charge on any atom is 0.264 e. The van der Waals surface area contributed by atoms with Gasteiger partial charge in [0.25, 0.3) is 15.9 Å². The van der Waals surface area contributed by atoms with E-state index in [-0.39, 0.29) is 4.90 Å². The van der Waals surface area contributed by atoms with Gasteiger partial charge >= 0.3 is 0 Å². The number of benzene rings is 3. The molecule has 1 amide bonds. The van der Waals surface area contributed by atoms with E-state index in [2.05, 4.69) is 26.5 Å². The van der Waals surface area contributed by atoms with Crippen molar-refractivity contribution in [3.05, 3.63) is 81.3 Å². The average Bonchev–Trinajstić information content (AvgIpc) is 2.83. The number of nitrogens with zero attached hydrogens (tertiary/aromatic N) is 2. The Morgan fingerprint density at radius 1 is 1.00 bits per heavy atom. The van der Waals surface area contributed by atoms with Gasteiger partial charge in [0, 0.05) is 0 Å². The number of aryl methyl sites for hydroxylation is 3. The van der Waals surface area contributed by atoms with Crippen LogP contribution >= 0.6 is 15.9 Å². The van der Waals surface area contributed by atoms with Gasteiger partial charge in [-0.1, -0.05) is 35.4 Å². The van der Waals surface area contributed by atoms with Crippen LogP contribution in [0.4, 0.5) is 5.69 Å². The molecule has 0 saturated carbocycles. The molecular formula is C26H28BrN3O5S. The van der Waals surface area contributed by atoms with Crippen molar-refractivity contribution in [3.63, 3.8) is 0 Å². The van der Waals surface area contributed by atoms with Crippen molar-refractivity contribution in [2.45, 2.75) is 25.7 Å². The van der Waals surface area contributed by atoms with Crippen LogP contribution in [0.3, 0.4) is 0 Å². The van der Waals surface area contributed by atoms with Crippen LogP contribution in [-0.4, -0.2) is 41.3 Å². The van der Waals surface area contributed by atoms with Gasteiger partial charge in [-0.05, 0) is 78.2 Å². The summed E-state index contributed by atoms with van der Waals surface area (Å²) < 4.78 is 39.5. The minimum atomic E-state index is -4.02. The molecule has 0 spiro atoms. The molecule has 10 heteroatoms. The summed E-state index contributed by atoms with van der Waals surface area (Å²) in [6.07, 6.45) is 1.43. The summed E-state index contributed by atoms with van der Waals surface area (Å²) in [6.45, 7) is 5.16. The number of nitrogens with one attached hydrogen (secondary N) is 1. The molecule has 190 valence electrons. The number of anilines is 1. The monoisotopic (exact) mass is 573 g/mol. The zero-order valence-electron chi connectivity index (χ0n) is 20.7. The lowest BCUT2D eigenvalue weighted by Gasteiger charge is -2.25. The highest BCUT2D eigenvalue weighted by molar-refractivity contribution is 9.10. The summed E-state index contributed by atoms with van der Waals surface area (Å²) in [4.78, 5) is 12.9. The number of sulfonamides is 1. The van der Waals surface area contributed by atoms with Gasteiger partial charge in [-0.2, -0.15) is 5.10 Å². The summed E-state index contributed by atoms with van der Waals surface area (Å²) in [5, 5.41) is 4.00. The lowest BCUT2D eigenvalue weighted by atomic mass is 10.1. The standard InChI is InChI=1S/C26H28BrN3O5S/c1-17-6-9-21(10-7-17)36(32,33)30(23-11-8-18(2)12-19(23)3)16-25(31)29-28-15-20-13-22(27)26(35-5)24(14-20)34-4/h6-15H,16H2,1-5H3,(H,29,31)/b28-15-. The third-order valence-electron chi connectivity index (χ3n) is 5.38. The molecule has 3 rings (SSSR count). The molecule has 3 aromatic rings. The Kier molecular flexibility index (Phi) is 8.75. The first-order valence-corrected chi connectivity index (χ1v) is 13.2. The van der Waals surface area contributed by atoms with Gasteiger partial charge in [-0.25, -0.2) is 13.8 Å². The van der Waals surface area contributed by atoms with Gasteiger partial charge in [0.1, 0.15) is 6.54 Å². The quantitative estimate of drug-likeness (QED) is 0.294. The first-order valence-electron chi connectivity index (χ1n) is 11.0. The molecule has 0 radical (unpaired) electrons. The first kappa shape index (κ1) is 27.2. The largest absolute Gasteiger partial charge is 0.493 e. The normalized spacial score (nSPS) is 11.4. The second kappa shape index (κ2) is 11.6. The molecule has 3 aromatic carbocycles. The van der Waals surface area contributed by atoms with Crippen LogP contribution in [-0.2, 0) is 14.8 Å². The molecular weight excluding hydrogens is 546 g/mol. The van der Waals surface area contributed by atoms with Crippen molar-refractivity contribution in [1.29, 1.82) is 0 Å². The van der Waals surface area contributed by atoms with Gasteiger partial charge in [0.15, 0.2) is 11.5 Å². The van der Waals surface area contributed by atoms with Crippen molar-refractivity contribution >= 4 is 43.8 Å². The summed E-state index contributed by atoms with van der Waals surface area (Å²) in [6, 6.07) is 15.3. The number of ether oxygens (including phenoxy) is 2. The smallest absolute Gasteiger partial charge is 0.264 e. The zero-order chi connectivity index (χ0) is 26.5. The van der Waals surface area contributed by atoms with Crippen LogP contribution in [0.25, 0.3) is 0 Å². The van der Waals surface area contributed by atoms with Crippen molar-refractivity contribution in [2.75, 3.05) is 25.1 Å². The Bertz CT molecular complexity index is 1390. The summed E-state index contributed by atoms with van der Waals surface area (Å²) in [7, 11) is -0.969. The molecule has 0 aliphatic rings. The molecule has 0 bridgehead atoms. The Morgan fingerprint density at radius 2 is 1.67 bits per heavy atom. The number of halogens is 1. The molecule has 0 saturated heterocycles. The predicted octanol–water partition coefficient (Wildman–Crippen LogP) is 4.74. The van der Waals surface area contributed by atoms with Gasteiger partial charge in [0.05, 0.1) is 35.5 Å². The van der Waals surface area contributed by atoms with Crippen molar-refractivity contribution in [3.8, 4) is 11.5 Å². The second-order valence-electron chi connectivity index (χ2n) is 8.15. The molecule has 0 fully saturated rings. The second-order valence-corrected chi connectivity index (χ2v) is 10.9. The van der Waals surface area contributed by atoms with E-state index < -0.39 is 22.5 Å². The van der Waals surface area contributed by atoms with Gasteiger partial charge in [-0.3, -0.25) is 9.10 Å². The molecule has 0 aliphatic heterocycles. The molecule has 0 heterocycles. The topological polar surface area (TPSA) is 97.3 Å². The van der Waals surface area contributed by atoms with Crippen LogP contribution in [0.15, 0.2) is 69.1 Å². The van der Waals surface area contributed by atoms with E-state index in [1.807, 2.05) is 32.9 Å². The molecule has 0 aromatic heterocycles. The van der Waals surface area contributed by atoms with E-state index in [4.69, 9.17) is 9.47 Å². The van der Waals surface area contributed by atoms with Crippen LogP contribution < -0.4 is 19.2 Å². The van der Waals surface area contributed by atoms with Crippen LogP contribution in [0, 0.1) is 20.8 Å². The maximum absolute atomic E-state index is 13.6. The number of methoxy groups -OCH3 is 2. The van der Waals surface area contributed by atoms with Gasteiger partial charge in [0.2, 0.25) is 0 Å². The Balaban J connectivity index is 1.87. The molecule has 1 N–H and O–H groups in total. The van der Waals surface area contributed by atoms with Gasteiger partial charge < -0.3 is 9.47 Å². The first-order chi connectivity index (χ1) is 17.1. The number of carbonyl (C=O) groups is 1. The third-order valence-corrected chi connectivity index (χ3v) is 7.74. The Morgan fingerprint density at radius 3 is 2.28 bits per heavy atom. The fourth-order valence-corrected chi connectivity index (χ4v) is 5.69. The Labute approximate surface area is 220 Å². The number of amides is 1. The minimum absolute atomic E-state index is 0.0968. The van der Waals surface area contributed by atoms with Crippen molar-refractivity contribution in [2.24, 2.45) is 5.10 Å². The highest BCUT2D eigenvalue weighted by atomic mass is 79.9. The van der Waals surface area contributed by atoms with E-state index >= 15 is 0 Å². The molecule has 8 nitrogen and oxygen atoms in total. The number of carbonyl (C=O) groups excluding carboxylic acids is 1. The lowest BCUT2D eigenvalue weighted by molar-refractivity contribution is -0.119. The van der Waals surface area contributed by atoms with E-state index in [0.29, 0.717) is 27.2 Å². The highest BCUT2D eigenvalue weighted by Gasteiger charge is 2.28. The Hall–Kier alpha value is -3.37. The highest BCUT2D eigenvalue weighted by Crippen LogP contribution is 2.35. The van der Waals surface area contributed by atoms with E-state index in [9.17, 15) is 13.2 Å². The summed E-state index contributed by atoms with van der Waals surface area (Å²) >= 11 is 3.41. The molecule has 0 atom stereocenters. The SMILES string of the molecule is COc1cc(/C=N\NC(=O)CN(c2ccc(C)cc2C)S(=O)(=O)c2ccc(C)cc2)cc(Br)c1OC. The number of hydrogen-bond donors (Lipinski definition) is 1. The zero-order valence-corrected chi connectivity index (χ0v) is 23.1. The summed E-state index contributed by atoms with van der Waals surface area (Å²) in [5.74, 6) is 0.426. The van der Waals surface area contributed by atoms with E-state index in [1.165, 1.54) is 32.6 Å². The number of rotatable bonds is 9. The fourth-order valence-electron chi connectivity index (χ4n) is 3.58. The van der Waals surface area contributed by atoms with Crippen molar-refractivity contribution in [1.82, 2.24) is 5.43 Å². The molecule has 0 unspecified atom stereocenters.